The van der Waals surface area contributed by atoms with Crippen molar-refractivity contribution in [1.29, 1.82) is 0 Å². The molecule has 1 aliphatic rings. The molecule has 4 rings (SSSR count). The summed E-state index contributed by atoms with van der Waals surface area (Å²) in [4.78, 5) is 16.2. The Hall–Kier alpha value is -3.13. The van der Waals surface area contributed by atoms with Crippen LogP contribution in [-0.2, 0) is 29.0 Å². The fourth-order valence-corrected chi connectivity index (χ4v) is 5.68. The number of benzene rings is 1. The number of nitrogens with two attached hydrogens (primary N) is 1. The first-order valence-corrected chi connectivity index (χ1v) is 13.7. The van der Waals surface area contributed by atoms with E-state index in [0.717, 1.165) is 0 Å². The summed E-state index contributed by atoms with van der Waals surface area (Å²) in [5, 5.41) is 29.2. The van der Waals surface area contributed by atoms with Crippen molar-refractivity contribution in [3.05, 3.63) is 54.5 Å². The van der Waals surface area contributed by atoms with Gasteiger partial charge in [0.25, 0.3) is 0 Å². The van der Waals surface area contributed by atoms with Crippen LogP contribution in [0.25, 0.3) is 5.52 Å². The summed E-state index contributed by atoms with van der Waals surface area (Å²) in [7, 11) is -4.40. The zero-order chi connectivity index (χ0) is 28.3. The molecule has 15 heteroatoms. The second-order valence-electron chi connectivity index (χ2n) is 9.17. The monoisotopic (exact) mass is 567 g/mol. The van der Waals surface area contributed by atoms with Gasteiger partial charge in [-0.25, -0.2) is 18.5 Å². The van der Waals surface area contributed by atoms with E-state index >= 15 is 0 Å². The van der Waals surface area contributed by atoms with Crippen molar-refractivity contribution in [3.63, 3.8) is 0 Å². The Kier molecular flexibility index (Phi) is 8.54. The number of ether oxygens (including phenoxy) is 2. The maximum absolute atomic E-state index is 14.5. The number of halogens is 1. The van der Waals surface area contributed by atoms with Crippen LogP contribution in [0.4, 0.5) is 10.2 Å². The molecule has 1 saturated heterocycles. The number of aliphatic hydroxyl groups excluding tert-OH is 1. The molecule has 1 fully saturated rings. The number of esters is 1. The highest BCUT2D eigenvalue weighted by molar-refractivity contribution is 7.52. The van der Waals surface area contributed by atoms with Crippen LogP contribution in [0.5, 0.6) is 5.75 Å². The first-order chi connectivity index (χ1) is 18.6. The summed E-state index contributed by atoms with van der Waals surface area (Å²) < 4.78 is 51.4. The van der Waals surface area contributed by atoms with Gasteiger partial charge in [0.1, 0.15) is 42.0 Å². The number of anilines is 1. The van der Waals surface area contributed by atoms with Crippen molar-refractivity contribution in [2.24, 2.45) is 0 Å². The number of hydrogen-bond acceptors (Lipinski definition) is 11. The van der Waals surface area contributed by atoms with Gasteiger partial charge >= 0.3 is 13.7 Å². The average Bonchev–Trinajstić information content (AvgIpc) is 3.48. The SMILES string of the molecule is CCCOC(=O)[C@H](C)N[P@](=O)(OC[C@@]1(CF)OC[C@@](O)(c2ccc3c(N)ncnn23)[C@@H]1O)Oc1ccccc1. The molecular weight excluding hydrogens is 536 g/mol. The number of fused-ring (bicyclic) bond motifs is 1. The van der Waals surface area contributed by atoms with Gasteiger partial charge in [-0.05, 0) is 37.6 Å². The molecule has 0 saturated carbocycles. The molecule has 1 aromatic carbocycles. The van der Waals surface area contributed by atoms with Crippen LogP contribution in [-0.4, -0.2) is 75.0 Å². The van der Waals surface area contributed by atoms with Gasteiger partial charge in [-0.15, -0.1) is 0 Å². The van der Waals surface area contributed by atoms with Crippen molar-refractivity contribution in [2.45, 2.75) is 43.6 Å². The van der Waals surface area contributed by atoms with Gasteiger partial charge < -0.3 is 29.9 Å². The van der Waals surface area contributed by atoms with Crippen LogP contribution in [0.2, 0.25) is 0 Å². The van der Waals surface area contributed by atoms with Crippen molar-refractivity contribution >= 4 is 25.1 Å². The highest BCUT2D eigenvalue weighted by Gasteiger charge is 2.60. The fourth-order valence-electron chi connectivity index (χ4n) is 4.13. The van der Waals surface area contributed by atoms with E-state index < -0.39 is 57.0 Å². The Morgan fingerprint density at radius 3 is 2.79 bits per heavy atom. The van der Waals surface area contributed by atoms with Crippen LogP contribution in [0.1, 0.15) is 26.0 Å². The van der Waals surface area contributed by atoms with Crippen molar-refractivity contribution in [3.8, 4) is 5.75 Å². The number of aliphatic hydroxyl groups is 2. The highest BCUT2D eigenvalue weighted by Crippen LogP contribution is 2.48. The molecule has 0 aliphatic carbocycles. The van der Waals surface area contributed by atoms with Crippen LogP contribution >= 0.6 is 7.75 Å². The first-order valence-electron chi connectivity index (χ1n) is 12.2. The number of nitrogens with zero attached hydrogens (tertiary/aromatic N) is 3. The number of alkyl halides is 1. The van der Waals surface area contributed by atoms with Gasteiger partial charge in [-0.2, -0.15) is 10.2 Å². The normalized spacial score (nSPS) is 25.3. The molecule has 5 N–H and O–H groups in total. The number of carbonyl (C=O) groups is 1. The topological polar surface area (TPSA) is 180 Å². The lowest BCUT2D eigenvalue weighted by atomic mass is 9.86. The van der Waals surface area contributed by atoms with Gasteiger partial charge in [0.05, 0.1) is 25.5 Å². The number of para-hydroxylation sites is 1. The lowest BCUT2D eigenvalue weighted by Crippen LogP contribution is -2.53. The summed E-state index contributed by atoms with van der Waals surface area (Å²) in [6, 6.07) is 9.84. The van der Waals surface area contributed by atoms with E-state index in [1.165, 1.54) is 42.0 Å². The van der Waals surface area contributed by atoms with Gasteiger partial charge in [-0.1, -0.05) is 25.1 Å². The molecule has 39 heavy (non-hydrogen) atoms. The number of rotatable bonds is 12. The van der Waals surface area contributed by atoms with Crippen LogP contribution < -0.4 is 15.3 Å². The molecule has 0 spiro atoms. The predicted molar refractivity (Wildman–Crippen MR) is 136 cm³/mol. The quantitative estimate of drug-likeness (QED) is 0.184. The summed E-state index contributed by atoms with van der Waals surface area (Å²) in [5.74, 6) is -0.437. The maximum Gasteiger partial charge on any atom is 0.459 e. The first kappa shape index (κ1) is 28.9. The highest BCUT2D eigenvalue weighted by atomic mass is 31.2. The fraction of sp³-hybridized carbons (Fsp3) is 0.458. The second kappa shape index (κ2) is 11.5. The Morgan fingerprint density at radius 1 is 1.36 bits per heavy atom. The van der Waals surface area contributed by atoms with Gasteiger partial charge in [0, 0.05) is 0 Å². The lowest BCUT2D eigenvalue weighted by molar-refractivity contribution is -0.145. The number of hydrogen-bond donors (Lipinski definition) is 4. The maximum atomic E-state index is 14.5. The number of aromatic nitrogens is 3. The van der Waals surface area contributed by atoms with E-state index in [1.807, 2.05) is 6.92 Å². The molecule has 0 bridgehead atoms. The summed E-state index contributed by atoms with van der Waals surface area (Å²) in [6.07, 6.45) is -0.153. The molecule has 1 aliphatic heterocycles. The van der Waals surface area contributed by atoms with Crippen molar-refractivity contribution in [1.82, 2.24) is 19.7 Å². The Bertz CT molecular complexity index is 1350. The largest absolute Gasteiger partial charge is 0.465 e. The third kappa shape index (κ3) is 5.76. The summed E-state index contributed by atoms with van der Waals surface area (Å²) in [5.41, 5.74) is 2.00. The minimum absolute atomic E-state index is 0.0727. The molecule has 0 amide bonds. The smallest absolute Gasteiger partial charge is 0.459 e. The number of nitrogen functional groups attached to an aromatic ring is 1. The Morgan fingerprint density at radius 2 is 2.10 bits per heavy atom. The standard InChI is InChI=1S/C24H31FN5O8P/c1-3-11-35-21(31)16(2)29-39(34,38-17-7-5-4-6-8-17)37-13-23(12-25)22(32)24(33,14-36-23)19-10-9-18-20(26)27-15-28-30(18)19/h4-10,15-16,22,32-33H,3,11-14H2,1-2H3,(H,29,34)(H2,26,27,28)/t16-,22+,23+,24+,39-/m0/s1. The van der Waals surface area contributed by atoms with Crippen LogP contribution in [0.3, 0.4) is 0 Å². The molecule has 3 aromatic rings. The number of nitrogens with one attached hydrogen (secondary N) is 1. The Balaban J connectivity index is 1.58. The molecule has 0 radical (unpaired) electrons. The minimum Gasteiger partial charge on any atom is -0.465 e. The van der Waals surface area contributed by atoms with Gasteiger partial charge in [0.15, 0.2) is 11.4 Å². The molecule has 212 valence electrons. The number of carbonyl (C=O) groups excluding carboxylic acids is 1. The van der Waals surface area contributed by atoms with Crippen molar-refractivity contribution in [2.75, 3.05) is 32.2 Å². The molecule has 13 nitrogen and oxygen atoms in total. The summed E-state index contributed by atoms with van der Waals surface area (Å²) in [6.45, 7) is 0.690. The average molecular weight is 568 g/mol. The third-order valence-electron chi connectivity index (χ3n) is 6.28. The van der Waals surface area contributed by atoms with Crippen molar-refractivity contribution < 1.29 is 42.5 Å². The lowest BCUT2D eigenvalue weighted by Gasteiger charge is -2.33. The molecule has 0 unspecified atom stereocenters. The molecular formula is C24H31FN5O8P. The van der Waals surface area contributed by atoms with Crippen LogP contribution in [0.15, 0.2) is 48.8 Å². The Labute approximate surface area is 223 Å². The van der Waals surface area contributed by atoms with E-state index in [9.17, 15) is 24.0 Å². The zero-order valence-corrected chi connectivity index (χ0v) is 22.3. The third-order valence-corrected chi connectivity index (χ3v) is 7.91. The van der Waals surface area contributed by atoms with Gasteiger partial charge in [-0.3, -0.25) is 9.32 Å². The van der Waals surface area contributed by atoms with E-state index in [0.29, 0.717) is 11.9 Å². The minimum atomic E-state index is -4.40. The molecule has 2 aromatic heterocycles. The van der Waals surface area contributed by atoms with E-state index in [2.05, 4.69) is 15.2 Å². The van der Waals surface area contributed by atoms with E-state index in [1.54, 1.807) is 18.2 Å². The predicted octanol–water partition coefficient (Wildman–Crippen LogP) is 1.73. The molecule has 5 atom stereocenters. The van der Waals surface area contributed by atoms with Gasteiger partial charge in [0.2, 0.25) is 0 Å². The van der Waals surface area contributed by atoms with E-state index in [4.69, 9.17) is 24.3 Å². The van der Waals surface area contributed by atoms with E-state index in [-0.39, 0.29) is 23.9 Å². The summed E-state index contributed by atoms with van der Waals surface area (Å²) >= 11 is 0. The van der Waals surface area contributed by atoms with Crippen LogP contribution in [0, 0.1) is 0 Å². The molecule has 3 heterocycles. The zero-order valence-electron chi connectivity index (χ0n) is 21.4. The second-order valence-corrected chi connectivity index (χ2v) is 10.9.